The summed E-state index contributed by atoms with van der Waals surface area (Å²) in [4.78, 5) is 38.7. The number of rotatable bonds is 6. The van der Waals surface area contributed by atoms with Gasteiger partial charge in [-0.3, -0.25) is 9.59 Å². The van der Waals surface area contributed by atoms with Crippen LogP contribution >= 0.6 is 0 Å². The summed E-state index contributed by atoms with van der Waals surface area (Å²) in [5.41, 5.74) is 0.802. The van der Waals surface area contributed by atoms with Gasteiger partial charge in [0.1, 0.15) is 20.7 Å². The Morgan fingerprint density at radius 2 is 1.70 bits per heavy atom. The van der Waals surface area contributed by atoms with E-state index in [0.29, 0.717) is 18.1 Å². The van der Waals surface area contributed by atoms with E-state index in [4.69, 9.17) is 4.74 Å². The van der Waals surface area contributed by atoms with Gasteiger partial charge in [0.05, 0.1) is 0 Å². The zero-order chi connectivity index (χ0) is 17.0. The molecule has 0 bridgehead atoms. The molecule has 1 atom stereocenters. The molecule has 1 aliphatic heterocycles. The Kier molecular flexibility index (Phi) is 5.36. The maximum Gasteiger partial charge on any atom is 0.417 e. The molecule has 2 amide bonds. The minimum atomic E-state index is -2.35. The molecule has 0 spiro atoms. The predicted molar refractivity (Wildman–Crippen MR) is 89.6 cm³/mol. The maximum absolute atomic E-state index is 12.8. The largest absolute Gasteiger partial charge is 0.446 e. The van der Waals surface area contributed by atoms with Crippen LogP contribution in [0.4, 0.5) is 4.79 Å². The summed E-state index contributed by atoms with van der Waals surface area (Å²) in [5.74, 6) is -0.696. The summed E-state index contributed by atoms with van der Waals surface area (Å²) in [7, 11) is -2.35. The second kappa shape index (κ2) is 7.08. The van der Waals surface area contributed by atoms with Gasteiger partial charge in [0, 0.05) is 0 Å². The molecule has 6 heteroatoms. The van der Waals surface area contributed by atoms with Crippen molar-refractivity contribution in [1.29, 1.82) is 0 Å². The van der Waals surface area contributed by atoms with Crippen LogP contribution in [0.25, 0.3) is 0 Å². The number of nitrogens with zero attached hydrogens (tertiary/aromatic N) is 1. The van der Waals surface area contributed by atoms with Crippen LogP contribution < -0.4 is 0 Å². The number of benzene rings is 1. The molecule has 1 fully saturated rings. The topological polar surface area (TPSA) is 63.7 Å². The number of hydrogen-bond acceptors (Lipinski definition) is 4. The van der Waals surface area contributed by atoms with Crippen molar-refractivity contribution >= 4 is 25.5 Å². The number of cyclic esters (lactones) is 1. The van der Waals surface area contributed by atoms with Gasteiger partial charge in [-0.1, -0.05) is 69.2 Å². The fourth-order valence-corrected chi connectivity index (χ4v) is 6.17. The van der Waals surface area contributed by atoms with E-state index in [-0.39, 0.29) is 12.0 Å². The third-order valence-electron chi connectivity index (χ3n) is 4.98. The van der Waals surface area contributed by atoms with E-state index < -0.39 is 26.1 Å². The van der Waals surface area contributed by atoms with E-state index in [9.17, 15) is 14.4 Å². The Hall–Kier alpha value is -1.95. The summed E-state index contributed by atoms with van der Waals surface area (Å²) in [5, 5.41) is -0.357. The highest BCUT2D eigenvalue weighted by Crippen LogP contribution is 2.30. The molecule has 0 radical (unpaired) electrons. The minimum absolute atomic E-state index is 0.0980. The van der Waals surface area contributed by atoms with Crippen molar-refractivity contribution in [1.82, 2.24) is 4.90 Å². The minimum Gasteiger partial charge on any atom is -0.446 e. The van der Waals surface area contributed by atoms with Gasteiger partial charge in [0.25, 0.3) is 5.91 Å². The van der Waals surface area contributed by atoms with Crippen molar-refractivity contribution in [2.45, 2.75) is 44.9 Å². The summed E-state index contributed by atoms with van der Waals surface area (Å²) in [6.07, 6.45) is -0.719. The Morgan fingerprint density at radius 3 is 2.22 bits per heavy atom. The standard InChI is InChI=1S/C17H23NO4Si/c1-4-23(5-2,6-3)16(20)15(19)18-14(12-22-17(18)21)13-10-8-7-9-11-13/h7-11,14H,4-6,12H2,1-3H3/t14-/m0/s1. The lowest BCUT2D eigenvalue weighted by Crippen LogP contribution is -2.52. The van der Waals surface area contributed by atoms with Crippen molar-refractivity contribution in [2.24, 2.45) is 0 Å². The molecule has 1 saturated heterocycles. The predicted octanol–water partition coefficient (Wildman–Crippen LogP) is 3.32. The molecule has 1 aromatic carbocycles. The first-order valence-corrected chi connectivity index (χ1v) is 10.7. The van der Waals surface area contributed by atoms with E-state index >= 15 is 0 Å². The zero-order valence-electron chi connectivity index (χ0n) is 13.9. The molecule has 1 aliphatic rings. The van der Waals surface area contributed by atoms with E-state index in [1.54, 1.807) is 0 Å². The molecule has 2 rings (SSSR count). The molecular formula is C17H23NO4Si. The zero-order valence-corrected chi connectivity index (χ0v) is 14.9. The van der Waals surface area contributed by atoms with Gasteiger partial charge >= 0.3 is 6.09 Å². The van der Waals surface area contributed by atoms with Crippen molar-refractivity contribution in [3.8, 4) is 0 Å². The van der Waals surface area contributed by atoms with Crippen LogP contribution in [0, 0.1) is 0 Å². The third-order valence-corrected chi connectivity index (χ3v) is 10.2. The van der Waals surface area contributed by atoms with Crippen molar-refractivity contribution in [3.05, 3.63) is 35.9 Å². The van der Waals surface area contributed by atoms with Crippen molar-refractivity contribution in [3.63, 3.8) is 0 Å². The molecule has 124 valence electrons. The lowest BCUT2D eigenvalue weighted by molar-refractivity contribution is -0.140. The number of amides is 2. The number of carbonyl (C=O) groups is 3. The Balaban J connectivity index is 2.32. The van der Waals surface area contributed by atoms with Gasteiger partial charge in [-0.05, 0) is 5.56 Å². The first-order chi connectivity index (χ1) is 11.0. The summed E-state index contributed by atoms with van der Waals surface area (Å²) in [6, 6.07) is 10.8. The van der Waals surface area contributed by atoms with E-state index in [0.717, 1.165) is 10.5 Å². The van der Waals surface area contributed by atoms with Crippen LogP contribution in [-0.4, -0.2) is 37.0 Å². The van der Waals surface area contributed by atoms with Gasteiger partial charge in [-0.15, -0.1) is 0 Å². The summed E-state index contributed by atoms with van der Waals surface area (Å²) in [6.45, 7) is 5.98. The first-order valence-electron chi connectivity index (χ1n) is 8.10. The molecule has 1 aromatic rings. The van der Waals surface area contributed by atoms with Gasteiger partial charge in [0.2, 0.25) is 0 Å². The van der Waals surface area contributed by atoms with Crippen LogP contribution in [0.15, 0.2) is 30.3 Å². The molecule has 1 heterocycles. The van der Waals surface area contributed by atoms with Crippen LogP contribution in [0.3, 0.4) is 0 Å². The van der Waals surface area contributed by atoms with E-state index in [1.807, 2.05) is 51.1 Å². The summed E-state index contributed by atoms with van der Waals surface area (Å²) >= 11 is 0. The lowest BCUT2D eigenvalue weighted by Gasteiger charge is -2.28. The number of carbonyl (C=O) groups excluding carboxylic acids is 3. The molecule has 0 aromatic heterocycles. The number of imide groups is 1. The second-order valence-electron chi connectivity index (χ2n) is 5.85. The third kappa shape index (κ3) is 3.08. The highest BCUT2D eigenvalue weighted by Gasteiger charge is 2.47. The normalized spacial score (nSPS) is 18.0. The van der Waals surface area contributed by atoms with Crippen LogP contribution in [0.5, 0.6) is 0 Å². The molecule has 0 N–H and O–H groups in total. The fraction of sp³-hybridized carbons (Fsp3) is 0.471. The first kappa shape index (κ1) is 17.4. The molecule has 5 nitrogen and oxygen atoms in total. The quantitative estimate of drug-likeness (QED) is 0.592. The Bertz CT molecular complexity index is 590. The monoisotopic (exact) mass is 333 g/mol. The highest BCUT2D eigenvalue weighted by molar-refractivity contribution is 7.13. The lowest BCUT2D eigenvalue weighted by atomic mass is 10.1. The van der Waals surface area contributed by atoms with Gasteiger partial charge in [0.15, 0.2) is 5.41 Å². The van der Waals surface area contributed by atoms with E-state index in [1.165, 1.54) is 0 Å². The van der Waals surface area contributed by atoms with Crippen LogP contribution in [0.1, 0.15) is 32.4 Å². The Morgan fingerprint density at radius 1 is 1.13 bits per heavy atom. The van der Waals surface area contributed by atoms with Crippen molar-refractivity contribution < 1.29 is 19.1 Å². The van der Waals surface area contributed by atoms with Crippen molar-refractivity contribution in [2.75, 3.05) is 6.61 Å². The van der Waals surface area contributed by atoms with Crippen LogP contribution in [0.2, 0.25) is 18.1 Å². The molecular weight excluding hydrogens is 310 g/mol. The smallest absolute Gasteiger partial charge is 0.417 e. The van der Waals surface area contributed by atoms with Crippen LogP contribution in [-0.2, 0) is 14.3 Å². The van der Waals surface area contributed by atoms with E-state index in [2.05, 4.69) is 0 Å². The number of ether oxygens (including phenoxy) is 1. The molecule has 23 heavy (non-hydrogen) atoms. The molecule has 0 saturated carbocycles. The SMILES string of the molecule is CC[Si](CC)(CC)C(=O)C(=O)N1C(=O)OC[C@H]1c1ccccc1. The second-order valence-corrected chi connectivity index (χ2v) is 11.0. The van der Waals surface area contributed by atoms with Gasteiger partial charge in [-0.25, -0.2) is 9.69 Å². The maximum atomic E-state index is 12.8. The number of hydrogen-bond donors (Lipinski definition) is 0. The fourth-order valence-electron chi connectivity index (χ4n) is 3.13. The molecule has 0 unspecified atom stereocenters. The average molecular weight is 333 g/mol. The molecule has 0 aliphatic carbocycles. The average Bonchev–Trinajstić information content (AvgIpc) is 2.98. The summed E-state index contributed by atoms with van der Waals surface area (Å²) < 4.78 is 5.05. The van der Waals surface area contributed by atoms with Gasteiger partial charge < -0.3 is 4.74 Å². The Labute approximate surface area is 137 Å². The van der Waals surface area contributed by atoms with Gasteiger partial charge in [-0.2, -0.15) is 0 Å². The highest BCUT2D eigenvalue weighted by atomic mass is 28.3.